The molecule has 1 N–H and O–H groups in total. The van der Waals surface area contributed by atoms with E-state index in [0.29, 0.717) is 24.3 Å². The summed E-state index contributed by atoms with van der Waals surface area (Å²) in [5.74, 6) is -0.461. The second-order valence-corrected chi connectivity index (χ2v) is 5.10. The Hall–Kier alpha value is -1.89. The highest BCUT2D eigenvalue weighted by molar-refractivity contribution is 5.98. The monoisotopic (exact) mass is 246 g/mol. The molecule has 94 valence electrons. The van der Waals surface area contributed by atoms with Gasteiger partial charge in [0.15, 0.2) is 0 Å². The molecule has 3 nitrogen and oxygen atoms in total. The zero-order chi connectivity index (χ0) is 13.3. The largest absolute Gasteiger partial charge is 0.322 e. The molecule has 1 fully saturated rings. The first kappa shape index (κ1) is 12.6. The second kappa shape index (κ2) is 4.41. The molecule has 1 aliphatic carbocycles. The van der Waals surface area contributed by atoms with Gasteiger partial charge < -0.3 is 5.32 Å². The third kappa shape index (κ3) is 1.97. The van der Waals surface area contributed by atoms with Crippen LogP contribution in [0.3, 0.4) is 0 Å². The molecule has 0 unspecified atom stereocenters. The average Bonchev–Trinajstić information content (AvgIpc) is 2.30. The Labute approximate surface area is 106 Å². The molecule has 2 rings (SSSR count). The lowest BCUT2D eigenvalue weighted by molar-refractivity contribution is -0.128. The predicted molar refractivity (Wildman–Crippen MR) is 66.2 cm³/mol. The Bertz CT molecular complexity index is 527. The van der Waals surface area contributed by atoms with Gasteiger partial charge in [-0.15, -0.1) is 0 Å². The Kier molecular flexibility index (Phi) is 3.08. The molecular formula is C14H15FN2O. The average molecular weight is 246 g/mol. The fraction of sp³-hybridized carbons (Fsp3) is 0.429. The van der Waals surface area contributed by atoms with Crippen LogP contribution in [-0.4, -0.2) is 5.91 Å². The summed E-state index contributed by atoms with van der Waals surface area (Å²) < 4.78 is 13.8. The van der Waals surface area contributed by atoms with Crippen LogP contribution < -0.4 is 5.32 Å². The summed E-state index contributed by atoms with van der Waals surface area (Å²) in [5, 5.41) is 11.7. The number of benzene rings is 1. The number of anilines is 1. The van der Waals surface area contributed by atoms with E-state index in [2.05, 4.69) is 11.4 Å². The fourth-order valence-electron chi connectivity index (χ4n) is 2.44. The van der Waals surface area contributed by atoms with E-state index in [1.54, 1.807) is 19.1 Å². The fourth-order valence-corrected chi connectivity index (χ4v) is 2.44. The van der Waals surface area contributed by atoms with Crippen LogP contribution >= 0.6 is 0 Å². The van der Waals surface area contributed by atoms with Crippen molar-refractivity contribution in [3.63, 3.8) is 0 Å². The smallest absolute Gasteiger partial charge is 0.244 e. The third-order valence-electron chi connectivity index (χ3n) is 3.48. The quantitative estimate of drug-likeness (QED) is 0.872. The minimum absolute atomic E-state index is 0.147. The minimum atomic E-state index is -0.977. The maximum Gasteiger partial charge on any atom is 0.244 e. The topological polar surface area (TPSA) is 52.9 Å². The zero-order valence-electron chi connectivity index (χ0n) is 10.5. The van der Waals surface area contributed by atoms with Crippen molar-refractivity contribution < 1.29 is 9.18 Å². The van der Waals surface area contributed by atoms with Gasteiger partial charge in [0.05, 0.1) is 11.8 Å². The van der Waals surface area contributed by atoms with Gasteiger partial charge in [-0.2, -0.15) is 5.26 Å². The van der Waals surface area contributed by atoms with Crippen molar-refractivity contribution in [1.29, 1.82) is 5.26 Å². The van der Waals surface area contributed by atoms with Crippen molar-refractivity contribution in [1.82, 2.24) is 0 Å². The van der Waals surface area contributed by atoms with E-state index in [9.17, 15) is 9.18 Å². The predicted octanol–water partition coefficient (Wildman–Crippen LogP) is 3.01. The van der Waals surface area contributed by atoms with Gasteiger partial charge in [-0.05, 0) is 37.3 Å². The van der Waals surface area contributed by atoms with Crippen LogP contribution in [-0.2, 0) is 4.79 Å². The molecule has 0 bridgehead atoms. The molecule has 1 aliphatic rings. The van der Waals surface area contributed by atoms with Crippen molar-refractivity contribution in [2.24, 2.45) is 11.3 Å². The van der Waals surface area contributed by atoms with Gasteiger partial charge in [-0.25, -0.2) is 4.39 Å². The number of halogens is 1. The highest BCUT2D eigenvalue weighted by atomic mass is 19.1. The molecule has 1 aromatic carbocycles. The molecule has 0 spiro atoms. The number of rotatable bonds is 2. The summed E-state index contributed by atoms with van der Waals surface area (Å²) >= 11 is 0. The van der Waals surface area contributed by atoms with Crippen LogP contribution in [0.25, 0.3) is 0 Å². The first-order valence-electron chi connectivity index (χ1n) is 5.96. The summed E-state index contributed by atoms with van der Waals surface area (Å²) in [5.41, 5.74) is -0.356. The van der Waals surface area contributed by atoms with E-state index in [-0.39, 0.29) is 5.69 Å². The van der Waals surface area contributed by atoms with Gasteiger partial charge in [-0.3, -0.25) is 4.79 Å². The number of nitrogens with zero attached hydrogens (tertiary/aromatic N) is 1. The third-order valence-corrected chi connectivity index (χ3v) is 3.48. The highest BCUT2D eigenvalue weighted by Crippen LogP contribution is 2.45. The maximum absolute atomic E-state index is 13.8. The van der Waals surface area contributed by atoms with Crippen LogP contribution in [0.4, 0.5) is 10.1 Å². The van der Waals surface area contributed by atoms with Gasteiger partial charge in [0, 0.05) is 0 Å². The molecule has 0 atom stereocenters. The molecular weight excluding hydrogens is 231 g/mol. The van der Waals surface area contributed by atoms with E-state index < -0.39 is 17.1 Å². The molecule has 0 radical (unpaired) electrons. The normalized spacial score (nSPS) is 26.0. The van der Waals surface area contributed by atoms with Gasteiger partial charge in [0.2, 0.25) is 5.91 Å². The first-order chi connectivity index (χ1) is 8.48. The first-order valence-corrected chi connectivity index (χ1v) is 5.96. The van der Waals surface area contributed by atoms with Crippen LogP contribution in [0.15, 0.2) is 18.2 Å². The Morgan fingerprint density at radius 3 is 2.78 bits per heavy atom. The lowest BCUT2D eigenvalue weighted by atomic mass is 9.63. The SMILES string of the molecule is Cc1cccc(NC(=O)C2(C#N)CC(C)C2)c1F. The Morgan fingerprint density at radius 2 is 2.22 bits per heavy atom. The molecule has 0 aromatic heterocycles. The van der Waals surface area contributed by atoms with Crippen LogP contribution in [0.2, 0.25) is 0 Å². The summed E-state index contributed by atoms with van der Waals surface area (Å²) in [6, 6.07) is 6.88. The van der Waals surface area contributed by atoms with Crippen molar-refractivity contribution in [3.05, 3.63) is 29.6 Å². The molecule has 0 aliphatic heterocycles. The molecule has 1 saturated carbocycles. The number of aryl methyl sites for hydroxylation is 1. The van der Waals surface area contributed by atoms with Gasteiger partial charge in [0.1, 0.15) is 11.2 Å². The Balaban J connectivity index is 2.18. The minimum Gasteiger partial charge on any atom is -0.322 e. The van der Waals surface area contributed by atoms with Crippen molar-refractivity contribution in [3.8, 4) is 6.07 Å². The molecule has 4 heteroatoms. The second-order valence-electron chi connectivity index (χ2n) is 5.10. The lowest BCUT2D eigenvalue weighted by Gasteiger charge is -2.39. The standard InChI is InChI=1S/C14H15FN2O/c1-9-6-14(7-9,8-16)13(18)17-11-5-3-4-10(2)12(11)15/h3-5,9H,6-7H2,1-2H3,(H,17,18). The van der Waals surface area contributed by atoms with Crippen LogP contribution in [0.5, 0.6) is 0 Å². The van der Waals surface area contributed by atoms with Crippen molar-refractivity contribution in [2.75, 3.05) is 5.32 Å². The Morgan fingerprint density at radius 1 is 1.56 bits per heavy atom. The highest BCUT2D eigenvalue weighted by Gasteiger charge is 2.49. The van der Waals surface area contributed by atoms with E-state index in [0.717, 1.165) is 0 Å². The molecule has 0 saturated heterocycles. The van der Waals surface area contributed by atoms with Crippen molar-refractivity contribution >= 4 is 11.6 Å². The molecule has 1 aromatic rings. The van der Waals surface area contributed by atoms with E-state index >= 15 is 0 Å². The number of amides is 1. The van der Waals surface area contributed by atoms with Crippen LogP contribution in [0.1, 0.15) is 25.3 Å². The summed E-state index contributed by atoms with van der Waals surface area (Å²) in [4.78, 5) is 12.1. The summed E-state index contributed by atoms with van der Waals surface area (Å²) in [7, 11) is 0. The summed E-state index contributed by atoms with van der Waals surface area (Å²) in [6.45, 7) is 3.63. The van der Waals surface area contributed by atoms with Crippen molar-refractivity contribution in [2.45, 2.75) is 26.7 Å². The van der Waals surface area contributed by atoms with E-state index in [1.165, 1.54) is 6.07 Å². The summed E-state index contributed by atoms with van der Waals surface area (Å²) in [6.07, 6.45) is 1.09. The van der Waals surface area contributed by atoms with E-state index in [1.807, 2.05) is 6.92 Å². The number of carbonyl (C=O) groups is 1. The number of nitrogens with one attached hydrogen (secondary N) is 1. The number of hydrogen-bond acceptors (Lipinski definition) is 2. The number of nitriles is 1. The van der Waals surface area contributed by atoms with Gasteiger partial charge in [-0.1, -0.05) is 19.1 Å². The van der Waals surface area contributed by atoms with Gasteiger partial charge in [0.25, 0.3) is 0 Å². The van der Waals surface area contributed by atoms with Crippen LogP contribution in [0, 0.1) is 35.4 Å². The van der Waals surface area contributed by atoms with E-state index in [4.69, 9.17) is 5.26 Å². The van der Waals surface area contributed by atoms with Gasteiger partial charge >= 0.3 is 0 Å². The number of carbonyl (C=O) groups excluding carboxylic acids is 1. The molecule has 18 heavy (non-hydrogen) atoms. The zero-order valence-corrected chi connectivity index (χ0v) is 10.5. The molecule has 0 heterocycles. The number of hydrogen-bond donors (Lipinski definition) is 1. The maximum atomic E-state index is 13.8. The lowest BCUT2D eigenvalue weighted by Crippen LogP contribution is -2.45. The molecule has 1 amide bonds.